The molecule has 0 saturated carbocycles. The lowest BCUT2D eigenvalue weighted by Crippen LogP contribution is -2.62. The van der Waals surface area contributed by atoms with Gasteiger partial charge >= 0.3 is 11.9 Å². The largest absolute Gasteiger partial charge is 0.481 e. The molecule has 10 unspecified atom stereocenters. The number of rotatable bonds is 28. The molecule has 0 heterocycles. The summed E-state index contributed by atoms with van der Waals surface area (Å²) in [6.07, 6.45) is -3.76. The Kier molecular flexibility index (Phi) is 24.4. The summed E-state index contributed by atoms with van der Waals surface area (Å²) in [6.45, 7) is 8.39. The SMILES string of the molecule is CC(C)CC(NC(=O)C(N)CO)C(=O)NC(C)C(=O)NC(CC(=O)O)C(=O)NC(C(=O)NC(CC(N)=O)C(=O)NC(CO)C(=O)NC(CC(C)C)C(=O)NC(C)C(=O)O)C(C)O. The minimum atomic E-state index is -2.01. The number of aliphatic hydroxyl groups excluding tert-OH is 3. The number of nitrogens with two attached hydrogens (primary N) is 2. The summed E-state index contributed by atoms with van der Waals surface area (Å²) in [4.78, 5) is 139. The van der Waals surface area contributed by atoms with Gasteiger partial charge in [-0.05, 0) is 45.4 Å². The highest BCUT2D eigenvalue weighted by molar-refractivity contribution is 5.99. The first-order valence-electron chi connectivity index (χ1n) is 19.5. The number of hydrogen-bond acceptors (Lipinski definition) is 15. The van der Waals surface area contributed by atoms with Crippen LogP contribution in [0.3, 0.4) is 0 Å². The molecular formula is C36H62N10O16. The summed E-state index contributed by atoms with van der Waals surface area (Å²) in [7, 11) is 0. The fraction of sp³-hybridized carbons (Fsp3) is 0.694. The zero-order valence-corrected chi connectivity index (χ0v) is 35.6. The molecule has 352 valence electrons. The number of aliphatic hydroxyl groups is 3. The van der Waals surface area contributed by atoms with Gasteiger partial charge in [0.05, 0.1) is 32.2 Å². The number of carboxylic acid groups (broad SMARTS) is 2. The van der Waals surface area contributed by atoms with Crippen molar-refractivity contribution in [3.8, 4) is 0 Å². The van der Waals surface area contributed by atoms with E-state index >= 15 is 0 Å². The summed E-state index contributed by atoms with van der Waals surface area (Å²) in [5.74, 6) is -13.4. The van der Waals surface area contributed by atoms with E-state index in [-0.39, 0.29) is 24.7 Å². The third-order valence-electron chi connectivity index (χ3n) is 8.62. The van der Waals surface area contributed by atoms with E-state index in [1.165, 1.54) is 13.8 Å². The molecule has 0 fully saturated rings. The standard InChI is InChI=1S/C36H62N10O16/c1-14(2)8-20(42-29(54)19(37)12-47)30(55)39-16(5)28(53)41-23(11-26(51)52)33(58)46-27(18(7)49)35(60)44-22(10-25(38)50)32(57)45-24(13-48)34(59)43-21(9-15(3)4)31(56)40-17(6)36(61)62/h14-24,27,47-49H,8-13,37H2,1-7H3,(H2,38,50)(H,39,55)(H,40,56)(H,41,53)(H,42,54)(H,43,59)(H,44,60)(H,45,57)(H,46,58)(H,51,52)(H,61,62). The Morgan fingerprint density at radius 2 is 0.855 bits per heavy atom. The number of amides is 9. The molecule has 0 radical (unpaired) electrons. The molecular weight excluding hydrogens is 828 g/mol. The highest BCUT2D eigenvalue weighted by Gasteiger charge is 2.36. The molecule has 0 bridgehead atoms. The molecule has 0 saturated heterocycles. The van der Waals surface area contributed by atoms with Crippen molar-refractivity contribution in [2.45, 2.75) is 135 Å². The molecule has 0 aliphatic carbocycles. The zero-order chi connectivity index (χ0) is 48.2. The second-order valence-corrected chi connectivity index (χ2v) is 15.3. The molecule has 26 heteroatoms. The van der Waals surface area contributed by atoms with E-state index in [9.17, 15) is 68.1 Å². The van der Waals surface area contributed by atoms with Gasteiger partial charge in [-0.3, -0.25) is 52.7 Å². The van der Waals surface area contributed by atoms with Crippen molar-refractivity contribution in [3.05, 3.63) is 0 Å². The maximum absolute atomic E-state index is 13.4. The number of carboxylic acids is 2. The van der Waals surface area contributed by atoms with Gasteiger partial charge in [0.15, 0.2) is 0 Å². The predicted octanol–water partition coefficient (Wildman–Crippen LogP) is -6.88. The molecule has 0 aliphatic heterocycles. The summed E-state index contributed by atoms with van der Waals surface area (Å²) in [6, 6.07) is -14.4. The van der Waals surface area contributed by atoms with Crippen LogP contribution in [0.2, 0.25) is 0 Å². The van der Waals surface area contributed by atoms with E-state index < -0.39 is 152 Å². The van der Waals surface area contributed by atoms with Gasteiger partial charge in [-0.1, -0.05) is 27.7 Å². The van der Waals surface area contributed by atoms with Crippen LogP contribution in [0.25, 0.3) is 0 Å². The molecule has 17 N–H and O–H groups in total. The number of carbonyl (C=O) groups excluding carboxylic acids is 9. The van der Waals surface area contributed by atoms with Gasteiger partial charge in [0, 0.05) is 0 Å². The van der Waals surface area contributed by atoms with Crippen LogP contribution in [0.1, 0.15) is 74.1 Å². The lowest BCUT2D eigenvalue weighted by Gasteiger charge is -2.28. The zero-order valence-electron chi connectivity index (χ0n) is 35.6. The maximum atomic E-state index is 13.4. The van der Waals surface area contributed by atoms with Crippen molar-refractivity contribution >= 4 is 65.1 Å². The van der Waals surface area contributed by atoms with Crippen LogP contribution in [0.15, 0.2) is 0 Å². The smallest absolute Gasteiger partial charge is 0.325 e. The van der Waals surface area contributed by atoms with Crippen LogP contribution >= 0.6 is 0 Å². The number of primary amides is 1. The molecule has 10 atom stereocenters. The van der Waals surface area contributed by atoms with Crippen LogP contribution < -0.4 is 54.0 Å². The van der Waals surface area contributed by atoms with Gasteiger partial charge in [0.1, 0.15) is 54.4 Å². The Labute approximate surface area is 356 Å². The minimum absolute atomic E-state index is 0.00214. The van der Waals surface area contributed by atoms with Gasteiger partial charge < -0.3 is 79.5 Å². The Morgan fingerprint density at radius 3 is 1.27 bits per heavy atom. The van der Waals surface area contributed by atoms with Crippen LogP contribution in [0.4, 0.5) is 0 Å². The van der Waals surface area contributed by atoms with Gasteiger partial charge in [0.2, 0.25) is 53.2 Å². The molecule has 26 nitrogen and oxygen atoms in total. The topological polar surface area (TPSA) is 437 Å². The summed E-state index contributed by atoms with van der Waals surface area (Å²) < 4.78 is 0. The Morgan fingerprint density at radius 1 is 0.468 bits per heavy atom. The van der Waals surface area contributed by atoms with E-state index in [4.69, 9.17) is 21.7 Å². The van der Waals surface area contributed by atoms with E-state index in [1.807, 2.05) is 5.32 Å². The van der Waals surface area contributed by atoms with E-state index in [0.29, 0.717) is 0 Å². The van der Waals surface area contributed by atoms with Crippen LogP contribution in [0.5, 0.6) is 0 Å². The Hall–Kier alpha value is -5.99. The van der Waals surface area contributed by atoms with Gasteiger partial charge in [-0.2, -0.15) is 0 Å². The average Bonchev–Trinajstić information content (AvgIpc) is 3.15. The monoisotopic (exact) mass is 890 g/mol. The van der Waals surface area contributed by atoms with Crippen molar-refractivity contribution in [3.63, 3.8) is 0 Å². The van der Waals surface area contributed by atoms with Crippen molar-refractivity contribution in [1.29, 1.82) is 0 Å². The second kappa shape index (κ2) is 27.1. The summed E-state index contributed by atoms with van der Waals surface area (Å²) in [5.41, 5.74) is 10.8. The normalized spacial score (nSPS) is 16.0. The van der Waals surface area contributed by atoms with E-state index in [2.05, 4.69) is 37.2 Å². The third kappa shape index (κ3) is 20.5. The molecule has 0 aliphatic rings. The molecule has 0 aromatic heterocycles. The van der Waals surface area contributed by atoms with E-state index in [1.54, 1.807) is 27.7 Å². The van der Waals surface area contributed by atoms with Gasteiger partial charge in [0.25, 0.3) is 0 Å². The summed E-state index contributed by atoms with van der Waals surface area (Å²) in [5, 5.41) is 65.7. The van der Waals surface area contributed by atoms with E-state index in [0.717, 1.165) is 6.92 Å². The highest BCUT2D eigenvalue weighted by atomic mass is 16.4. The second-order valence-electron chi connectivity index (χ2n) is 15.3. The number of carbonyl (C=O) groups is 11. The molecule has 9 amide bonds. The van der Waals surface area contributed by atoms with Crippen LogP contribution in [-0.4, -0.2) is 164 Å². The number of nitrogens with one attached hydrogen (secondary N) is 8. The first-order chi connectivity index (χ1) is 28.6. The molecule has 0 aromatic carbocycles. The first kappa shape index (κ1) is 56.0. The van der Waals surface area contributed by atoms with Crippen LogP contribution in [0, 0.1) is 11.8 Å². The molecule has 0 spiro atoms. The number of aliphatic carboxylic acids is 2. The number of hydrogen-bond donors (Lipinski definition) is 15. The van der Waals surface area contributed by atoms with Crippen molar-refractivity contribution in [2.75, 3.05) is 13.2 Å². The van der Waals surface area contributed by atoms with Crippen molar-refractivity contribution < 1.29 is 78.3 Å². The molecule has 62 heavy (non-hydrogen) atoms. The lowest BCUT2D eigenvalue weighted by atomic mass is 10.0. The van der Waals surface area contributed by atoms with Crippen molar-refractivity contribution in [2.24, 2.45) is 23.3 Å². The average molecular weight is 891 g/mol. The lowest BCUT2D eigenvalue weighted by molar-refractivity contribution is -0.142. The third-order valence-corrected chi connectivity index (χ3v) is 8.62. The summed E-state index contributed by atoms with van der Waals surface area (Å²) >= 11 is 0. The highest BCUT2D eigenvalue weighted by Crippen LogP contribution is 2.08. The van der Waals surface area contributed by atoms with Crippen molar-refractivity contribution in [1.82, 2.24) is 42.5 Å². The fourth-order valence-electron chi connectivity index (χ4n) is 5.27. The Bertz CT molecular complexity index is 1630. The van der Waals surface area contributed by atoms with Crippen LogP contribution in [-0.2, 0) is 52.7 Å². The molecule has 0 rings (SSSR count). The molecule has 0 aromatic rings. The Balaban J connectivity index is 6.14. The fourth-order valence-corrected chi connectivity index (χ4v) is 5.27. The minimum Gasteiger partial charge on any atom is -0.481 e. The maximum Gasteiger partial charge on any atom is 0.325 e. The quantitative estimate of drug-likeness (QED) is 0.0347. The first-order valence-corrected chi connectivity index (χ1v) is 19.5. The predicted molar refractivity (Wildman–Crippen MR) is 213 cm³/mol. The van der Waals surface area contributed by atoms with Gasteiger partial charge in [-0.25, -0.2) is 0 Å². The van der Waals surface area contributed by atoms with Gasteiger partial charge in [-0.15, -0.1) is 0 Å².